The molecule has 1 aromatic carbocycles. The van der Waals surface area contributed by atoms with Crippen molar-refractivity contribution < 1.29 is 13.6 Å². The number of hydrogen-bond donors (Lipinski definition) is 1. The summed E-state index contributed by atoms with van der Waals surface area (Å²) >= 11 is 0. The fourth-order valence-electron chi connectivity index (χ4n) is 2.53. The van der Waals surface area contributed by atoms with Crippen LogP contribution in [0.2, 0.25) is 0 Å². The van der Waals surface area contributed by atoms with Gasteiger partial charge in [-0.05, 0) is 45.0 Å². The lowest BCUT2D eigenvalue weighted by molar-refractivity contribution is 0.0646. The molecule has 104 valence electrons. The molecule has 5 heteroatoms. The molecule has 19 heavy (non-hydrogen) atoms. The summed E-state index contributed by atoms with van der Waals surface area (Å²) in [6.07, 6.45) is 1.63. The zero-order valence-corrected chi connectivity index (χ0v) is 11.0. The number of amides is 1. The van der Waals surface area contributed by atoms with Crippen molar-refractivity contribution in [1.29, 1.82) is 0 Å². The van der Waals surface area contributed by atoms with Crippen LogP contribution in [0.15, 0.2) is 18.2 Å². The first-order valence-electron chi connectivity index (χ1n) is 6.60. The van der Waals surface area contributed by atoms with E-state index in [1.165, 1.54) is 6.07 Å². The Morgan fingerprint density at radius 1 is 1.32 bits per heavy atom. The molecule has 1 aliphatic rings. The van der Waals surface area contributed by atoms with Gasteiger partial charge in [-0.1, -0.05) is 6.07 Å². The second-order valence-corrected chi connectivity index (χ2v) is 4.67. The molecule has 1 aromatic rings. The lowest BCUT2D eigenvalue weighted by Gasteiger charge is -2.34. The number of benzene rings is 1. The number of carbonyl (C=O) groups excluding carboxylic acids is 1. The van der Waals surface area contributed by atoms with Gasteiger partial charge < -0.3 is 10.2 Å². The minimum atomic E-state index is -0.794. The van der Waals surface area contributed by atoms with Crippen LogP contribution in [0.25, 0.3) is 0 Å². The van der Waals surface area contributed by atoms with E-state index in [9.17, 15) is 13.6 Å². The maximum Gasteiger partial charge on any atom is 0.260 e. The molecule has 0 bridgehead atoms. The van der Waals surface area contributed by atoms with Crippen LogP contribution in [0.4, 0.5) is 8.78 Å². The van der Waals surface area contributed by atoms with E-state index < -0.39 is 23.1 Å². The van der Waals surface area contributed by atoms with Crippen LogP contribution in [-0.4, -0.2) is 36.5 Å². The number of piperidine rings is 1. The number of halogens is 2. The first-order chi connectivity index (χ1) is 9.15. The summed E-state index contributed by atoms with van der Waals surface area (Å²) in [5, 5.41) is 3.21. The second-order valence-electron chi connectivity index (χ2n) is 4.67. The van der Waals surface area contributed by atoms with Crippen LogP contribution in [0.5, 0.6) is 0 Å². The van der Waals surface area contributed by atoms with Crippen LogP contribution in [-0.2, 0) is 0 Å². The number of carbonyl (C=O) groups is 1. The maximum atomic E-state index is 13.7. The molecular formula is C14H18F2N2O. The van der Waals surface area contributed by atoms with E-state index >= 15 is 0 Å². The molecule has 0 atom stereocenters. The van der Waals surface area contributed by atoms with E-state index in [4.69, 9.17) is 0 Å². The molecule has 0 aromatic heterocycles. The van der Waals surface area contributed by atoms with Crippen molar-refractivity contribution in [3.05, 3.63) is 35.4 Å². The molecule has 0 aliphatic carbocycles. The summed E-state index contributed by atoms with van der Waals surface area (Å²) in [5.74, 6) is -2.14. The molecule has 3 nitrogen and oxygen atoms in total. The summed E-state index contributed by atoms with van der Waals surface area (Å²) in [5.41, 5.74) is -0.442. The Morgan fingerprint density at radius 3 is 2.42 bits per heavy atom. The molecular weight excluding hydrogens is 250 g/mol. The van der Waals surface area contributed by atoms with Crippen molar-refractivity contribution in [2.75, 3.05) is 19.6 Å². The third-order valence-corrected chi connectivity index (χ3v) is 3.53. The van der Waals surface area contributed by atoms with Crippen molar-refractivity contribution in [3.63, 3.8) is 0 Å². The predicted octanol–water partition coefficient (Wildman–Crippen LogP) is 2.18. The first kappa shape index (κ1) is 13.9. The topological polar surface area (TPSA) is 32.3 Å². The third-order valence-electron chi connectivity index (χ3n) is 3.53. The predicted molar refractivity (Wildman–Crippen MR) is 69.0 cm³/mol. The zero-order chi connectivity index (χ0) is 13.8. The molecule has 0 radical (unpaired) electrons. The minimum absolute atomic E-state index is 0.0535. The molecule has 0 unspecified atom stereocenters. The van der Waals surface area contributed by atoms with Gasteiger partial charge in [0.1, 0.15) is 17.2 Å². The van der Waals surface area contributed by atoms with Crippen LogP contribution >= 0.6 is 0 Å². The zero-order valence-electron chi connectivity index (χ0n) is 11.0. The summed E-state index contributed by atoms with van der Waals surface area (Å²) in [6.45, 7) is 3.94. The van der Waals surface area contributed by atoms with Gasteiger partial charge in [-0.25, -0.2) is 8.78 Å². The molecule has 1 heterocycles. The lowest BCUT2D eigenvalue weighted by atomic mass is 10.0. The van der Waals surface area contributed by atoms with Gasteiger partial charge in [-0.2, -0.15) is 0 Å². The van der Waals surface area contributed by atoms with Crippen LogP contribution in [0.1, 0.15) is 30.1 Å². The highest BCUT2D eigenvalue weighted by Gasteiger charge is 2.28. The first-order valence-corrected chi connectivity index (χ1v) is 6.60. The Morgan fingerprint density at radius 2 is 1.89 bits per heavy atom. The molecule has 1 fully saturated rings. The smallest absolute Gasteiger partial charge is 0.260 e. The average Bonchev–Trinajstić information content (AvgIpc) is 2.40. The average molecular weight is 268 g/mol. The lowest BCUT2D eigenvalue weighted by Crippen LogP contribution is -2.46. The number of hydrogen-bond acceptors (Lipinski definition) is 2. The summed E-state index contributed by atoms with van der Waals surface area (Å²) in [4.78, 5) is 13.9. The number of nitrogens with zero attached hydrogens (tertiary/aromatic N) is 1. The molecule has 1 amide bonds. The summed E-state index contributed by atoms with van der Waals surface area (Å²) in [6, 6.07) is 3.55. The monoisotopic (exact) mass is 268 g/mol. The van der Waals surface area contributed by atoms with E-state index in [0.29, 0.717) is 6.54 Å². The normalized spacial score (nSPS) is 16.4. The Hall–Kier alpha value is -1.49. The van der Waals surface area contributed by atoms with Gasteiger partial charge in [-0.3, -0.25) is 4.79 Å². The molecule has 0 spiro atoms. The van der Waals surface area contributed by atoms with Gasteiger partial charge in [0.25, 0.3) is 5.91 Å². The van der Waals surface area contributed by atoms with Gasteiger partial charge in [0.2, 0.25) is 0 Å². The van der Waals surface area contributed by atoms with Crippen LogP contribution < -0.4 is 5.32 Å². The summed E-state index contributed by atoms with van der Waals surface area (Å²) < 4.78 is 27.3. The molecule has 1 aliphatic heterocycles. The van der Waals surface area contributed by atoms with Gasteiger partial charge in [-0.15, -0.1) is 0 Å². The van der Waals surface area contributed by atoms with E-state index in [1.807, 2.05) is 6.92 Å². The van der Waals surface area contributed by atoms with Crippen molar-refractivity contribution in [3.8, 4) is 0 Å². The van der Waals surface area contributed by atoms with Crippen molar-refractivity contribution >= 4 is 5.91 Å². The van der Waals surface area contributed by atoms with Gasteiger partial charge in [0.15, 0.2) is 0 Å². The fraction of sp³-hybridized carbons (Fsp3) is 0.500. The number of nitrogens with one attached hydrogen (secondary N) is 1. The minimum Gasteiger partial charge on any atom is -0.336 e. The van der Waals surface area contributed by atoms with E-state index in [-0.39, 0.29) is 6.04 Å². The highest BCUT2D eigenvalue weighted by Crippen LogP contribution is 2.19. The van der Waals surface area contributed by atoms with Crippen molar-refractivity contribution in [2.24, 2.45) is 0 Å². The maximum absolute atomic E-state index is 13.7. The third kappa shape index (κ3) is 2.92. The van der Waals surface area contributed by atoms with Gasteiger partial charge in [0.05, 0.1) is 0 Å². The standard InChI is InChI=1S/C14H18F2N2O/c1-2-18(10-6-8-17-9-7-10)14(19)13-11(15)4-3-5-12(13)16/h3-5,10,17H,2,6-9H2,1H3. The Kier molecular flexibility index (Phi) is 4.47. The Labute approximate surface area is 111 Å². The Balaban J connectivity index is 2.25. The van der Waals surface area contributed by atoms with Crippen LogP contribution in [0.3, 0.4) is 0 Å². The van der Waals surface area contributed by atoms with Crippen molar-refractivity contribution in [2.45, 2.75) is 25.8 Å². The SMILES string of the molecule is CCN(C(=O)c1c(F)cccc1F)C1CCNCC1. The largest absolute Gasteiger partial charge is 0.336 e. The van der Waals surface area contributed by atoms with Gasteiger partial charge >= 0.3 is 0 Å². The molecule has 2 rings (SSSR count). The van der Waals surface area contributed by atoms with Gasteiger partial charge in [0, 0.05) is 12.6 Å². The van der Waals surface area contributed by atoms with Crippen molar-refractivity contribution in [1.82, 2.24) is 10.2 Å². The highest BCUT2D eigenvalue weighted by molar-refractivity contribution is 5.95. The fourth-order valence-corrected chi connectivity index (χ4v) is 2.53. The molecule has 0 saturated carbocycles. The Bertz CT molecular complexity index is 439. The van der Waals surface area contributed by atoms with E-state index in [0.717, 1.165) is 38.1 Å². The van der Waals surface area contributed by atoms with Crippen LogP contribution in [0, 0.1) is 11.6 Å². The number of rotatable bonds is 3. The highest BCUT2D eigenvalue weighted by atomic mass is 19.1. The molecule has 1 saturated heterocycles. The second kappa shape index (κ2) is 6.10. The summed E-state index contributed by atoms with van der Waals surface area (Å²) in [7, 11) is 0. The van der Waals surface area contributed by atoms with E-state index in [1.54, 1.807) is 4.90 Å². The molecule has 1 N–H and O–H groups in total. The quantitative estimate of drug-likeness (QED) is 0.911. The van der Waals surface area contributed by atoms with E-state index in [2.05, 4.69) is 5.32 Å².